The highest BCUT2D eigenvalue weighted by molar-refractivity contribution is 9.08. The SMILES string of the molecule is CC(C)(C)CCOc1cccc(Cl)c1CBr. The first-order valence-electron chi connectivity index (χ1n) is 5.40. The predicted molar refractivity (Wildman–Crippen MR) is 73.7 cm³/mol. The zero-order valence-electron chi connectivity index (χ0n) is 10.0. The third kappa shape index (κ3) is 4.34. The maximum atomic E-state index is 6.09. The van der Waals surface area contributed by atoms with Gasteiger partial charge >= 0.3 is 0 Å². The lowest BCUT2D eigenvalue weighted by molar-refractivity contribution is 0.242. The van der Waals surface area contributed by atoms with Crippen molar-refractivity contribution in [3.8, 4) is 5.75 Å². The van der Waals surface area contributed by atoms with Crippen LogP contribution in [0.4, 0.5) is 0 Å². The minimum Gasteiger partial charge on any atom is -0.493 e. The number of benzene rings is 1. The average Bonchev–Trinajstić information content (AvgIpc) is 2.16. The summed E-state index contributed by atoms with van der Waals surface area (Å²) in [5.41, 5.74) is 1.32. The second kappa shape index (κ2) is 5.92. The van der Waals surface area contributed by atoms with Crippen molar-refractivity contribution in [2.45, 2.75) is 32.5 Å². The molecule has 0 radical (unpaired) electrons. The Bertz CT molecular complexity index is 344. The van der Waals surface area contributed by atoms with Crippen molar-refractivity contribution in [2.75, 3.05) is 6.61 Å². The Kier molecular flexibility index (Phi) is 5.13. The Morgan fingerprint density at radius 2 is 2.00 bits per heavy atom. The maximum Gasteiger partial charge on any atom is 0.124 e. The third-order valence-electron chi connectivity index (χ3n) is 2.32. The van der Waals surface area contributed by atoms with E-state index in [1.807, 2.05) is 18.2 Å². The van der Waals surface area contributed by atoms with Crippen molar-refractivity contribution in [3.63, 3.8) is 0 Å². The molecule has 1 nitrogen and oxygen atoms in total. The van der Waals surface area contributed by atoms with E-state index in [0.717, 1.165) is 34.7 Å². The highest BCUT2D eigenvalue weighted by Crippen LogP contribution is 2.29. The topological polar surface area (TPSA) is 9.23 Å². The third-order valence-corrected chi connectivity index (χ3v) is 3.23. The molecular weight excluding hydrogens is 287 g/mol. The van der Waals surface area contributed by atoms with E-state index in [0.29, 0.717) is 5.41 Å². The molecule has 0 aromatic heterocycles. The van der Waals surface area contributed by atoms with Gasteiger partial charge in [-0.25, -0.2) is 0 Å². The highest BCUT2D eigenvalue weighted by Gasteiger charge is 2.11. The molecule has 1 aromatic carbocycles. The summed E-state index contributed by atoms with van der Waals surface area (Å²) in [5.74, 6) is 0.883. The number of hydrogen-bond acceptors (Lipinski definition) is 1. The highest BCUT2D eigenvalue weighted by atomic mass is 79.9. The van der Waals surface area contributed by atoms with E-state index in [-0.39, 0.29) is 0 Å². The summed E-state index contributed by atoms with van der Waals surface area (Å²) in [6.45, 7) is 7.35. The normalized spacial score (nSPS) is 11.6. The number of hydrogen-bond donors (Lipinski definition) is 0. The fraction of sp³-hybridized carbons (Fsp3) is 0.538. The minimum absolute atomic E-state index is 0.299. The first-order valence-corrected chi connectivity index (χ1v) is 6.90. The van der Waals surface area contributed by atoms with E-state index in [1.165, 1.54) is 0 Å². The summed E-state index contributed by atoms with van der Waals surface area (Å²) < 4.78 is 5.77. The van der Waals surface area contributed by atoms with Crippen molar-refractivity contribution in [1.29, 1.82) is 0 Å². The first kappa shape index (κ1) is 13.9. The smallest absolute Gasteiger partial charge is 0.124 e. The fourth-order valence-corrected chi connectivity index (χ4v) is 2.24. The fourth-order valence-electron chi connectivity index (χ4n) is 1.27. The summed E-state index contributed by atoms with van der Waals surface area (Å²) in [4.78, 5) is 0. The predicted octanol–water partition coefficient (Wildman–Crippen LogP) is 5.05. The van der Waals surface area contributed by atoms with Crippen molar-refractivity contribution in [2.24, 2.45) is 5.41 Å². The van der Waals surface area contributed by atoms with Gasteiger partial charge in [0.15, 0.2) is 0 Å². The van der Waals surface area contributed by atoms with Gasteiger partial charge in [0.25, 0.3) is 0 Å². The maximum absolute atomic E-state index is 6.09. The van der Waals surface area contributed by atoms with Crippen molar-refractivity contribution < 1.29 is 4.74 Å². The van der Waals surface area contributed by atoms with Crippen LogP contribution in [0.5, 0.6) is 5.75 Å². The van der Waals surface area contributed by atoms with Gasteiger partial charge in [0.1, 0.15) is 5.75 Å². The summed E-state index contributed by atoms with van der Waals surface area (Å²) in [6, 6.07) is 5.76. The van der Waals surface area contributed by atoms with Crippen molar-refractivity contribution in [3.05, 3.63) is 28.8 Å². The number of rotatable bonds is 4. The van der Waals surface area contributed by atoms with Gasteiger partial charge in [-0.3, -0.25) is 0 Å². The molecule has 90 valence electrons. The zero-order valence-corrected chi connectivity index (χ0v) is 12.4. The zero-order chi connectivity index (χ0) is 12.2. The lowest BCUT2D eigenvalue weighted by Crippen LogP contribution is -2.11. The van der Waals surface area contributed by atoms with Crippen LogP contribution < -0.4 is 4.74 Å². The number of ether oxygens (including phenoxy) is 1. The van der Waals surface area contributed by atoms with Crippen LogP contribution in [0.15, 0.2) is 18.2 Å². The second-order valence-corrected chi connectivity index (χ2v) is 5.98. The lowest BCUT2D eigenvalue weighted by Gasteiger charge is -2.19. The Morgan fingerprint density at radius 3 is 2.56 bits per heavy atom. The van der Waals surface area contributed by atoms with E-state index in [1.54, 1.807) is 0 Å². The van der Waals surface area contributed by atoms with Gasteiger partial charge in [-0.1, -0.05) is 54.4 Å². The molecule has 0 unspecified atom stereocenters. The molecule has 1 aromatic rings. The molecule has 0 spiro atoms. The van der Waals surface area contributed by atoms with Crippen LogP contribution >= 0.6 is 27.5 Å². The van der Waals surface area contributed by atoms with E-state index < -0.39 is 0 Å². The van der Waals surface area contributed by atoms with Crippen LogP contribution in [-0.2, 0) is 5.33 Å². The van der Waals surface area contributed by atoms with Gasteiger partial charge in [-0.2, -0.15) is 0 Å². The van der Waals surface area contributed by atoms with E-state index in [9.17, 15) is 0 Å². The molecule has 0 bridgehead atoms. The van der Waals surface area contributed by atoms with Gasteiger partial charge in [0.05, 0.1) is 6.61 Å². The van der Waals surface area contributed by atoms with E-state index >= 15 is 0 Å². The van der Waals surface area contributed by atoms with Crippen molar-refractivity contribution in [1.82, 2.24) is 0 Å². The molecule has 0 N–H and O–H groups in total. The molecule has 0 saturated heterocycles. The quantitative estimate of drug-likeness (QED) is 0.707. The molecule has 0 heterocycles. The molecular formula is C13H18BrClO. The summed E-state index contributed by atoms with van der Waals surface area (Å²) in [5, 5.41) is 1.47. The first-order chi connectivity index (χ1) is 7.44. The molecule has 1 rings (SSSR count). The molecule has 0 saturated carbocycles. The lowest BCUT2D eigenvalue weighted by atomic mass is 9.93. The van der Waals surface area contributed by atoms with Gasteiger partial charge in [-0.15, -0.1) is 0 Å². The summed E-state index contributed by atoms with van der Waals surface area (Å²) >= 11 is 9.51. The van der Waals surface area contributed by atoms with Crippen LogP contribution in [-0.4, -0.2) is 6.61 Å². The number of halogens is 2. The van der Waals surface area contributed by atoms with Crippen LogP contribution in [0, 0.1) is 5.41 Å². The van der Waals surface area contributed by atoms with Crippen LogP contribution in [0.2, 0.25) is 5.02 Å². The largest absolute Gasteiger partial charge is 0.493 e. The summed E-state index contributed by atoms with van der Waals surface area (Å²) in [7, 11) is 0. The molecule has 0 aliphatic rings. The molecule has 16 heavy (non-hydrogen) atoms. The monoisotopic (exact) mass is 304 g/mol. The second-order valence-electron chi connectivity index (χ2n) is 5.01. The minimum atomic E-state index is 0.299. The summed E-state index contributed by atoms with van der Waals surface area (Å²) in [6.07, 6.45) is 1.03. The molecule has 0 aliphatic heterocycles. The van der Waals surface area contributed by atoms with Crippen LogP contribution in [0.3, 0.4) is 0 Å². The molecule has 0 aliphatic carbocycles. The standard InChI is InChI=1S/C13H18BrClO/c1-13(2,3)7-8-16-12-6-4-5-11(15)10(12)9-14/h4-6H,7-9H2,1-3H3. The Balaban J connectivity index is 2.64. The Labute approximate surface area is 111 Å². The molecule has 0 fully saturated rings. The Hall–Kier alpha value is -0.210. The molecule has 0 atom stereocenters. The average molecular weight is 306 g/mol. The van der Waals surface area contributed by atoms with Crippen LogP contribution in [0.1, 0.15) is 32.8 Å². The molecule has 3 heteroatoms. The van der Waals surface area contributed by atoms with E-state index in [4.69, 9.17) is 16.3 Å². The van der Waals surface area contributed by atoms with Gasteiger partial charge in [-0.05, 0) is 24.0 Å². The van der Waals surface area contributed by atoms with Gasteiger partial charge in [0, 0.05) is 15.9 Å². The number of alkyl halides is 1. The van der Waals surface area contributed by atoms with Gasteiger partial charge in [0.2, 0.25) is 0 Å². The Morgan fingerprint density at radius 1 is 1.31 bits per heavy atom. The van der Waals surface area contributed by atoms with Gasteiger partial charge < -0.3 is 4.74 Å². The van der Waals surface area contributed by atoms with E-state index in [2.05, 4.69) is 36.7 Å². The van der Waals surface area contributed by atoms with Crippen LogP contribution in [0.25, 0.3) is 0 Å². The van der Waals surface area contributed by atoms with Crippen molar-refractivity contribution >= 4 is 27.5 Å². The molecule has 0 amide bonds.